The van der Waals surface area contributed by atoms with Crippen LogP contribution >= 0.6 is 11.6 Å². The smallest absolute Gasteiger partial charge is 0.339 e. The molecule has 1 N–H and O–H groups in total. The van der Waals surface area contributed by atoms with Crippen molar-refractivity contribution < 1.29 is 19.2 Å². The summed E-state index contributed by atoms with van der Waals surface area (Å²) in [6.07, 6.45) is -1.15. The number of benzene rings is 2. The topological polar surface area (TPSA) is 122 Å². The summed E-state index contributed by atoms with van der Waals surface area (Å²) in [5, 5.41) is 22.0. The van der Waals surface area contributed by atoms with Crippen LogP contribution in [0.3, 0.4) is 0 Å². The Morgan fingerprint density at radius 2 is 1.92 bits per heavy atom. The van der Waals surface area contributed by atoms with Crippen LogP contribution in [0.4, 0.5) is 11.4 Å². The zero-order chi connectivity index (χ0) is 19.3. The van der Waals surface area contributed by atoms with Crippen LogP contribution in [0, 0.1) is 21.4 Å². The number of hydrogen-bond donors (Lipinski definition) is 1. The third-order valence-corrected chi connectivity index (χ3v) is 3.63. The van der Waals surface area contributed by atoms with Crippen LogP contribution < -0.4 is 5.32 Å². The quantitative estimate of drug-likeness (QED) is 0.487. The van der Waals surface area contributed by atoms with Gasteiger partial charge in [0, 0.05) is 11.8 Å². The molecule has 1 amide bonds. The lowest BCUT2D eigenvalue weighted by molar-refractivity contribution is -0.384. The number of esters is 1. The molecule has 2 rings (SSSR count). The summed E-state index contributed by atoms with van der Waals surface area (Å²) in [6.45, 7) is 1.36. The van der Waals surface area contributed by atoms with Crippen molar-refractivity contribution >= 4 is 34.9 Å². The maximum absolute atomic E-state index is 12.1. The summed E-state index contributed by atoms with van der Waals surface area (Å²) >= 11 is 5.69. The predicted octanol–water partition coefficient (Wildman–Crippen LogP) is 3.30. The second kappa shape index (κ2) is 8.09. The first-order valence-electron chi connectivity index (χ1n) is 7.27. The van der Waals surface area contributed by atoms with Gasteiger partial charge in [0.15, 0.2) is 6.10 Å². The number of nitriles is 1. The van der Waals surface area contributed by atoms with Gasteiger partial charge in [-0.3, -0.25) is 14.9 Å². The fraction of sp³-hybridized carbons (Fsp3) is 0.118. The standard InChI is InChI=1S/C17H12ClN3O5/c1-10(16(22)20-13-5-2-11(9-19)3-6-13)26-17(23)12-4-7-14(18)15(8-12)21(24)25/h2-8,10H,1H3,(H,20,22)/t10-/m0/s1. The molecule has 0 bridgehead atoms. The molecule has 26 heavy (non-hydrogen) atoms. The zero-order valence-corrected chi connectivity index (χ0v) is 14.2. The van der Waals surface area contributed by atoms with Gasteiger partial charge in [-0.15, -0.1) is 0 Å². The number of hydrogen-bond acceptors (Lipinski definition) is 6. The van der Waals surface area contributed by atoms with Gasteiger partial charge < -0.3 is 10.1 Å². The van der Waals surface area contributed by atoms with Crippen molar-refractivity contribution in [1.82, 2.24) is 0 Å². The van der Waals surface area contributed by atoms with E-state index in [1.807, 2.05) is 6.07 Å². The minimum Gasteiger partial charge on any atom is -0.449 e. The molecule has 8 nitrogen and oxygen atoms in total. The second-order valence-electron chi connectivity index (χ2n) is 5.15. The third-order valence-electron chi connectivity index (χ3n) is 3.31. The molecule has 2 aromatic carbocycles. The van der Waals surface area contributed by atoms with Crippen molar-refractivity contribution in [3.8, 4) is 6.07 Å². The van der Waals surface area contributed by atoms with E-state index in [9.17, 15) is 19.7 Å². The maximum atomic E-state index is 12.1. The van der Waals surface area contributed by atoms with Gasteiger partial charge in [-0.1, -0.05) is 11.6 Å². The first-order chi connectivity index (χ1) is 12.3. The highest BCUT2D eigenvalue weighted by atomic mass is 35.5. The van der Waals surface area contributed by atoms with E-state index >= 15 is 0 Å². The molecule has 0 aliphatic carbocycles. The van der Waals surface area contributed by atoms with Crippen molar-refractivity contribution in [3.05, 3.63) is 68.7 Å². The molecule has 0 heterocycles. The monoisotopic (exact) mass is 373 g/mol. The fourth-order valence-electron chi connectivity index (χ4n) is 1.93. The third kappa shape index (κ3) is 4.55. The maximum Gasteiger partial charge on any atom is 0.339 e. The Labute approximate surface area is 153 Å². The molecule has 1 atom stereocenters. The Hall–Kier alpha value is -3.44. The number of carbonyl (C=O) groups is 2. The van der Waals surface area contributed by atoms with E-state index in [1.165, 1.54) is 43.3 Å². The molecule has 0 unspecified atom stereocenters. The molecule has 9 heteroatoms. The van der Waals surface area contributed by atoms with E-state index in [1.54, 1.807) is 0 Å². The van der Waals surface area contributed by atoms with E-state index in [2.05, 4.69) is 5.32 Å². The van der Waals surface area contributed by atoms with Crippen molar-refractivity contribution in [1.29, 1.82) is 5.26 Å². The Bertz CT molecular complexity index is 906. The van der Waals surface area contributed by atoms with E-state index < -0.39 is 28.6 Å². The number of halogens is 1. The van der Waals surface area contributed by atoms with Gasteiger partial charge in [-0.05, 0) is 43.3 Å². The minimum atomic E-state index is -1.15. The lowest BCUT2D eigenvalue weighted by Gasteiger charge is -2.13. The van der Waals surface area contributed by atoms with E-state index in [0.29, 0.717) is 11.3 Å². The predicted molar refractivity (Wildman–Crippen MR) is 92.8 cm³/mol. The number of amides is 1. The van der Waals surface area contributed by atoms with Crippen LogP contribution in [-0.2, 0) is 9.53 Å². The van der Waals surface area contributed by atoms with Crippen LogP contribution in [0.1, 0.15) is 22.8 Å². The number of carbonyl (C=O) groups excluding carboxylic acids is 2. The van der Waals surface area contributed by atoms with Crippen molar-refractivity contribution in [2.75, 3.05) is 5.32 Å². The highest BCUT2D eigenvalue weighted by molar-refractivity contribution is 6.32. The number of ether oxygens (including phenoxy) is 1. The van der Waals surface area contributed by atoms with E-state index in [4.69, 9.17) is 21.6 Å². The Balaban J connectivity index is 2.03. The van der Waals surface area contributed by atoms with Crippen molar-refractivity contribution in [2.24, 2.45) is 0 Å². The molecule has 0 radical (unpaired) electrons. The van der Waals surface area contributed by atoms with E-state index in [-0.39, 0.29) is 10.6 Å². The molecule has 0 aliphatic heterocycles. The van der Waals surface area contributed by atoms with Gasteiger partial charge in [-0.2, -0.15) is 5.26 Å². The SMILES string of the molecule is C[C@H](OC(=O)c1ccc(Cl)c([N+](=O)[O-])c1)C(=O)Nc1ccc(C#N)cc1. The number of rotatable bonds is 5. The molecule has 0 saturated carbocycles. The molecular weight excluding hydrogens is 362 g/mol. The zero-order valence-electron chi connectivity index (χ0n) is 13.4. The summed E-state index contributed by atoms with van der Waals surface area (Å²) in [5.41, 5.74) is 0.334. The summed E-state index contributed by atoms with van der Waals surface area (Å²) in [5.74, 6) is -1.49. The molecule has 2 aromatic rings. The van der Waals surface area contributed by atoms with Crippen LogP contribution in [0.25, 0.3) is 0 Å². The average Bonchev–Trinajstić information content (AvgIpc) is 2.62. The Morgan fingerprint density at radius 1 is 1.27 bits per heavy atom. The number of nitrogens with one attached hydrogen (secondary N) is 1. The first kappa shape index (κ1) is 18.9. The lowest BCUT2D eigenvalue weighted by atomic mass is 10.2. The van der Waals surface area contributed by atoms with Gasteiger partial charge >= 0.3 is 5.97 Å². The number of nitro benzene ring substituents is 1. The summed E-state index contributed by atoms with van der Waals surface area (Å²) in [4.78, 5) is 34.3. The van der Waals surface area contributed by atoms with Crippen LogP contribution in [0.2, 0.25) is 5.02 Å². The molecule has 132 valence electrons. The lowest BCUT2D eigenvalue weighted by Crippen LogP contribution is -2.30. The summed E-state index contributed by atoms with van der Waals surface area (Å²) in [6, 6.07) is 11.5. The van der Waals surface area contributed by atoms with Gasteiger partial charge in [0.1, 0.15) is 5.02 Å². The van der Waals surface area contributed by atoms with Gasteiger partial charge in [0.05, 0.1) is 22.1 Å². The highest BCUT2D eigenvalue weighted by Gasteiger charge is 2.22. The largest absolute Gasteiger partial charge is 0.449 e. The first-order valence-corrected chi connectivity index (χ1v) is 7.65. The molecule has 0 saturated heterocycles. The summed E-state index contributed by atoms with van der Waals surface area (Å²) in [7, 11) is 0. The van der Waals surface area contributed by atoms with Crippen LogP contribution in [0.5, 0.6) is 0 Å². The highest BCUT2D eigenvalue weighted by Crippen LogP contribution is 2.25. The molecule has 0 spiro atoms. The van der Waals surface area contributed by atoms with E-state index in [0.717, 1.165) is 6.07 Å². The minimum absolute atomic E-state index is 0.0980. The van der Waals surface area contributed by atoms with Crippen molar-refractivity contribution in [2.45, 2.75) is 13.0 Å². The number of nitro groups is 1. The summed E-state index contributed by atoms with van der Waals surface area (Å²) < 4.78 is 5.02. The normalized spacial score (nSPS) is 11.1. The fourth-order valence-corrected chi connectivity index (χ4v) is 2.12. The molecular formula is C17H12ClN3O5. The van der Waals surface area contributed by atoms with Gasteiger partial charge in [0.25, 0.3) is 11.6 Å². The average molecular weight is 374 g/mol. The van der Waals surface area contributed by atoms with Crippen molar-refractivity contribution in [3.63, 3.8) is 0 Å². The second-order valence-corrected chi connectivity index (χ2v) is 5.56. The number of nitrogens with zero attached hydrogens (tertiary/aromatic N) is 2. The van der Waals surface area contributed by atoms with Gasteiger partial charge in [0.2, 0.25) is 0 Å². The van der Waals surface area contributed by atoms with Crippen LogP contribution in [-0.4, -0.2) is 22.9 Å². The molecule has 0 fully saturated rings. The van der Waals surface area contributed by atoms with Gasteiger partial charge in [-0.25, -0.2) is 4.79 Å². The molecule has 0 aliphatic rings. The number of anilines is 1. The van der Waals surface area contributed by atoms with Crippen LogP contribution in [0.15, 0.2) is 42.5 Å². The Kier molecular flexibility index (Phi) is 5.88. The Morgan fingerprint density at radius 3 is 2.50 bits per heavy atom. The molecule has 0 aromatic heterocycles.